The highest BCUT2D eigenvalue weighted by Crippen LogP contribution is 2.36. The molecule has 1 aliphatic rings. The molecule has 0 aromatic carbocycles. The number of nitrogen functional groups attached to an aromatic ring is 1. The van der Waals surface area contributed by atoms with E-state index in [-0.39, 0.29) is 11.7 Å². The Morgan fingerprint density at radius 1 is 1.62 bits per heavy atom. The fourth-order valence-corrected chi connectivity index (χ4v) is 3.92. The van der Waals surface area contributed by atoms with Crippen molar-refractivity contribution in [2.75, 3.05) is 18.6 Å². The van der Waals surface area contributed by atoms with Gasteiger partial charge in [0.1, 0.15) is 0 Å². The molecule has 2 rings (SSSR count). The van der Waals surface area contributed by atoms with E-state index in [4.69, 9.17) is 5.73 Å². The van der Waals surface area contributed by atoms with Crippen LogP contribution in [0.2, 0.25) is 0 Å². The van der Waals surface area contributed by atoms with E-state index in [0.29, 0.717) is 5.13 Å². The fraction of sp³-hybridized carbons (Fsp3) is 0.667. The molecule has 5 nitrogen and oxygen atoms in total. The van der Waals surface area contributed by atoms with Gasteiger partial charge in [0.15, 0.2) is 5.13 Å². The molecule has 16 heavy (non-hydrogen) atoms. The van der Waals surface area contributed by atoms with Crippen LogP contribution in [-0.4, -0.2) is 26.3 Å². The molecule has 0 saturated heterocycles. The highest BCUT2D eigenvalue weighted by molar-refractivity contribution is 7.86. The van der Waals surface area contributed by atoms with Crippen LogP contribution < -0.4 is 5.73 Å². The van der Waals surface area contributed by atoms with E-state index < -0.39 is 10.1 Å². The first-order valence-corrected chi connectivity index (χ1v) is 7.44. The summed E-state index contributed by atoms with van der Waals surface area (Å²) >= 11 is 1.46. The lowest BCUT2D eigenvalue weighted by Crippen LogP contribution is -2.19. The molecular formula is C9H14N2O3S2. The van der Waals surface area contributed by atoms with Crippen LogP contribution in [0.4, 0.5) is 5.13 Å². The van der Waals surface area contributed by atoms with Crippen LogP contribution in [0.5, 0.6) is 0 Å². The van der Waals surface area contributed by atoms with Gasteiger partial charge in [-0.1, -0.05) is 0 Å². The monoisotopic (exact) mass is 262 g/mol. The number of rotatable bonds is 3. The average molecular weight is 262 g/mol. The van der Waals surface area contributed by atoms with Gasteiger partial charge in [0, 0.05) is 10.8 Å². The van der Waals surface area contributed by atoms with Gasteiger partial charge in [-0.25, -0.2) is 4.98 Å². The Hall–Kier alpha value is -0.660. The second kappa shape index (κ2) is 4.31. The van der Waals surface area contributed by atoms with Crippen LogP contribution >= 0.6 is 11.3 Å². The lowest BCUT2D eigenvalue weighted by molar-refractivity contribution is 0.391. The number of anilines is 1. The number of fused-ring (bicyclic) bond motifs is 1. The molecule has 0 bridgehead atoms. The zero-order valence-electron chi connectivity index (χ0n) is 8.97. The normalized spacial score (nSPS) is 20.7. The lowest BCUT2D eigenvalue weighted by atomic mass is 9.93. The van der Waals surface area contributed by atoms with Crippen molar-refractivity contribution in [3.8, 4) is 0 Å². The SMILES string of the molecule is COS(=O)(=O)CC1CCCc2sc(N)nc21. The maximum absolute atomic E-state index is 11.4. The van der Waals surface area contributed by atoms with E-state index in [9.17, 15) is 8.42 Å². The van der Waals surface area contributed by atoms with E-state index in [1.54, 1.807) is 0 Å². The maximum atomic E-state index is 11.4. The molecule has 1 aromatic rings. The minimum absolute atomic E-state index is 0.000324. The van der Waals surface area contributed by atoms with Gasteiger partial charge in [-0.05, 0) is 19.3 Å². The molecule has 0 amide bonds. The van der Waals surface area contributed by atoms with E-state index in [1.165, 1.54) is 18.4 Å². The molecular weight excluding hydrogens is 248 g/mol. The summed E-state index contributed by atoms with van der Waals surface area (Å²) in [5, 5.41) is 0.520. The number of aryl methyl sites for hydroxylation is 1. The van der Waals surface area contributed by atoms with Crippen molar-refractivity contribution in [2.45, 2.75) is 25.2 Å². The topological polar surface area (TPSA) is 82.3 Å². The molecule has 1 aromatic heterocycles. The first kappa shape index (κ1) is 11.8. The van der Waals surface area contributed by atoms with Crippen molar-refractivity contribution in [3.63, 3.8) is 0 Å². The quantitative estimate of drug-likeness (QED) is 0.825. The largest absolute Gasteiger partial charge is 0.375 e. The molecule has 0 aliphatic heterocycles. The molecule has 1 atom stereocenters. The zero-order valence-corrected chi connectivity index (χ0v) is 10.6. The number of aromatic nitrogens is 1. The molecule has 1 heterocycles. The smallest absolute Gasteiger partial charge is 0.267 e. The molecule has 0 saturated carbocycles. The number of nitrogens with two attached hydrogens (primary N) is 1. The van der Waals surface area contributed by atoms with Crippen LogP contribution in [0.1, 0.15) is 29.3 Å². The maximum Gasteiger partial charge on any atom is 0.267 e. The molecule has 0 fully saturated rings. The van der Waals surface area contributed by atoms with Gasteiger partial charge in [-0.15, -0.1) is 11.3 Å². The molecule has 1 aliphatic carbocycles. The van der Waals surface area contributed by atoms with Crippen LogP contribution in [0.15, 0.2) is 0 Å². The van der Waals surface area contributed by atoms with Crippen LogP contribution in [0, 0.1) is 0 Å². The van der Waals surface area contributed by atoms with Crippen molar-refractivity contribution in [1.29, 1.82) is 0 Å². The van der Waals surface area contributed by atoms with E-state index in [1.807, 2.05) is 0 Å². The first-order chi connectivity index (χ1) is 7.52. The Labute approximate surface area is 98.8 Å². The van der Waals surface area contributed by atoms with Crippen molar-refractivity contribution in [1.82, 2.24) is 4.98 Å². The third-order valence-corrected chi connectivity index (χ3v) is 5.03. The van der Waals surface area contributed by atoms with Crippen molar-refractivity contribution in [3.05, 3.63) is 10.6 Å². The Morgan fingerprint density at radius 3 is 3.06 bits per heavy atom. The lowest BCUT2D eigenvalue weighted by Gasteiger charge is -2.20. The van der Waals surface area contributed by atoms with Crippen LogP contribution in [0.25, 0.3) is 0 Å². The third kappa shape index (κ3) is 2.36. The Kier molecular flexibility index (Phi) is 3.18. The Bertz CT molecular complexity index is 481. The minimum Gasteiger partial charge on any atom is -0.375 e. The average Bonchev–Trinajstić information content (AvgIpc) is 2.59. The molecule has 90 valence electrons. The predicted molar refractivity (Wildman–Crippen MR) is 63.0 cm³/mol. The molecule has 1 unspecified atom stereocenters. The summed E-state index contributed by atoms with van der Waals surface area (Å²) in [5.74, 6) is -0.0677. The summed E-state index contributed by atoms with van der Waals surface area (Å²) in [6.45, 7) is 0. The summed E-state index contributed by atoms with van der Waals surface area (Å²) in [6.07, 6.45) is 2.77. The number of thiazole rings is 1. The molecule has 2 N–H and O–H groups in total. The van der Waals surface area contributed by atoms with Crippen LogP contribution in [0.3, 0.4) is 0 Å². The predicted octanol–water partition coefficient (Wildman–Crippen LogP) is 1.12. The summed E-state index contributed by atoms with van der Waals surface area (Å²) in [5.41, 5.74) is 6.50. The molecule has 0 spiro atoms. The van der Waals surface area contributed by atoms with Gasteiger partial charge >= 0.3 is 0 Å². The van der Waals surface area contributed by atoms with E-state index in [2.05, 4.69) is 9.17 Å². The van der Waals surface area contributed by atoms with Crippen molar-refractivity contribution < 1.29 is 12.6 Å². The second-order valence-corrected chi connectivity index (χ2v) is 6.74. The second-order valence-electron chi connectivity index (χ2n) is 3.84. The molecule has 0 radical (unpaired) electrons. The van der Waals surface area contributed by atoms with Gasteiger partial charge in [-0.2, -0.15) is 8.42 Å². The minimum atomic E-state index is -3.43. The van der Waals surface area contributed by atoms with Gasteiger partial charge in [0.2, 0.25) is 0 Å². The highest BCUT2D eigenvalue weighted by Gasteiger charge is 2.28. The molecule has 7 heteroatoms. The van der Waals surface area contributed by atoms with Gasteiger partial charge in [0.05, 0.1) is 18.6 Å². The first-order valence-electron chi connectivity index (χ1n) is 5.05. The number of hydrogen-bond acceptors (Lipinski definition) is 6. The standard InChI is InChI=1S/C9H14N2O3S2/c1-14-16(12,13)5-6-3-2-4-7-8(6)11-9(10)15-7/h6H,2-5H2,1H3,(H2,10,11). The zero-order chi connectivity index (χ0) is 11.8. The van der Waals surface area contributed by atoms with Gasteiger partial charge < -0.3 is 5.73 Å². The summed E-state index contributed by atoms with van der Waals surface area (Å²) < 4.78 is 27.3. The van der Waals surface area contributed by atoms with E-state index in [0.717, 1.165) is 29.8 Å². The van der Waals surface area contributed by atoms with Crippen molar-refractivity contribution >= 4 is 26.6 Å². The van der Waals surface area contributed by atoms with E-state index >= 15 is 0 Å². The van der Waals surface area contributed by atoms with Gasteiger partial charge in [0.25, 0.3) is 10.1 Å². The third-order valence-electron chi connectivity index (χ3n) is 2.75. The highest BCUT2D eigenvalue weighted by atomic mass is 32.2. The Balaban J connectivity index is 2.25. The summed E-state index contributed by atoms with van der Waals surface area (Å²) in [6, 6.07) is 0. The summed E-state index contributed by atoms with van der Waals surface area (Å²) in [7, 11) is -2.24. The fourth-order valence-electron chi connectivity index (χ4n) is 2.00. The van der Waals surface area contributed by atoms with Crippen LogP contribution in [-0.2, 0) is 20.7 Å². The summed E-state index contributed by atoms with van der Waals surface area (Å²) in [4.78, 5) is 5.35. The number of hydrogen-bond donors (Lipinski definition) is 1. The Morgan fingerprint density at radius 2 is 2.38 bits per heavy atom. The number of nitrogens with zero attached hydrogens (tertiary/aromatic N) is 1. The van der Waals surface area contributed by atoms with Gasteiger partial charge in [-0.3, -0.25) is 4.18 Å². The van der Waals surface area contributed by atoms with Crippen molar-refractivity contribution in [2.24, 2.45) is 0 Å².